The molecule has 8 heteroatoms. The van der Waals surface area contributed by atoms with Gasteiger partial charge >= 0.3 is 0 Å². The van der Waals surface area contributed by atoms with Crippen molar-refractivity contribution < 1.29 is 17.9 Å². The summed E-state index contributed by atoms with van der Waals surface area (Å²) in [6, 6.07) is 3.09. The highest BCUT2D eigenvalue weighted by atomic mass is 32.2. The van der Waals surface area contributed by atoms with Crippen LogP contribution in [0.25, 0.3) is 0 Å². The van der Waals surface area contributed by atoms with Crippen molar-refractivity contribution in [1.82, 2.24) is 9.80 Å². The van der Waals surface area contributed by atoms with Crippen LogP contribution >= 0.6 is 0 Å². The predicted molar refractivity (Wildman–Crippen MR) is 102 cm³/mol. The summed E-state index contributed by atoms with van der Waals surface area (Å²) < 4.78 is 29.8. The summed E-state index contributed by atoms with van der Waals surface area (Å²) in [5.74, 6) is -0.0638. The first-order valence-corrected chi connectivity index (χ1v) is 10.6. The van der Waals surface area contributed by atoms with E-state index in [1.165, 1.54) is 19.2 Å². The zero-order valence-electron chi connectivity index (χ0n) is 16.0. The molecule has 7 nitrogen and oxygen atoms in total. The van der Waals surface area contributed by atoms with Crippen molar-refractivity contribution >= 4 is 21.4 Å². The fourth-order valence-corrected chi connectivity index (χ4v) is 4.49. The van der Waals surface area contributed by atoms with Gasteiger partial charge in [-0.2, -0.15) is 0 Å². The quantitative estimate of drug-likeness (QED) is 0.720. The van der Waals surface area contributed by atoms with E-state index in [2.05, 4.69) is 11.8 Å². The van der Waals surface area contributed by atoms with Gasteiger partial charge in [0.25, 0.3) is 5.91 Å². The van der Waals surface area contributed by atoms with Crippen LogP contribution in [0.4, 0.5) is 5.69 Å². The predicted octanol–water partition coefficient (Wildman–Crippen LogP) is 1.63. The molecule has 0 radical (unpaired) electrons. The van der Waals surface area contributed by atoms with Crippen molar-refractivity contribution in [2.75, 3.05) is 45.3 Å². The number of rotatable bonds is 7. The normalized spacial score (nSPS) is 18.1. The summed E-state index contributed by atoms with van der Waals surface area (Å²) in [5, 5.41) is 0. The van der Waals surface area contributed by atoms with E-state index in [-0.39, 0.29) is 33.6 Å². The van der Waals surface area contributed by atoms with E-state index in [1.54, 1.807) is 18.9 Å². The molecular weight excluding hydrogens is 354 g/mol. The highest BCUT2D eigenvalue weighted by molar-refractivity contribution is 7.91. The maximum atomic E-state index is 13.0. The molecule has 0 aliphatic carbocycles. The maximum Gasteiger partial charge on any atom is 0.257 e. The standard InChI is InChI=1S/C18H29N3O4S/c1-5-21-9-7-8-13(21)12-20(3)18(22)14-10-17(26(23,24)6-2)15(19)11-16(14)25-4/h10-11,13H,5-9,12,19H2,1-4H3. The van der Waals surface area contributed by atoms with Crippen molar-refractivity contribution in [3.8, 4) is 5.75 Å². The van der Waals surface area contributed by atoms with E-state index in [0.29, 0.717) is 12.6 Å². The molecule has 1 aromatic rings. The largest absolute Gasteiger partial charge is 0.496 e. The third kappa shape index (κ3) is 4.12. The number of carbonyl (C=O) groups excluding carboxylic acids is 1. The van der Waals surface area contributed by atoms with Crippen molar-refractivity contribution in [2.45, 2.75) is 37.6 Å². The Kier molecular flexibility index (Phi) is 6.52. The first-order chi connectivity index (χ1) is 12.2. The number of benzene rings is 1. The lowest BCUT2D eigenvalue weighted by Gasteiger charge is -2.28. The van der Waals surface area contributed by atoms with Gasteiger partial charge in [-0.25, -0.2) is 8.42 Å². The molecule has 1 saturated heterocycles. The molecule has 1 unspecified atom stereocenters. The fourth-order valence-electron chi connectivity index (χ4n) is 3.46. The monoisotopic (exact) mass is 383 g/mol. The number of nitrogens with zero attached hydrogens (tertiary/aromatic N) is 2. The molecule has 0 spiro atoms. The van der Waals surface area contributed by atoms with Crippen LogP contribution in [-0.2, 0) is 9.84 Å². The summed E-state index contributed by atoms with van der Waals surface area (Å²) in [6.45, 7) is 6.26. The van der Waals surface area contributed by atoms with Gasteiger partial charge in [-0.3, -0.25) is 9.69 Å². The Morgan fingerprint density at radius 1 is 1.38 bits per heavy atom. The van der Waals surface area contributed by atoms with Gasteiger partial charge in [0.05, 0.1) is 29.0 Å². The van der Waals surface area contributed by atoms with E-state index >= 15 is 0 Å². The second-order valence-corrected chi connectivity index (χ2v) is 8.85. The molecule has 1 atom stereocenters. The van der Waals surface area contributed by atoms with E-state index in [0.717, 1.165) is 25.9 Å². The number of likely N-dealkylation sites (tertiary alicyclic amines) is 1. The number of amides is 1. The number of sulfone groups is 1. The summed E-state index contributed by atoms with van der Waals surface area (Å²) in [4.78, 5) is 16.9. The van der Waals surface area contributed by atoms with Crippen LogP contribution in [-0.4, -0.2) is 69.7 Å². The Morgan fingerprint density at radius 2 is 2.08 bits per heavy atom. The minimum atomic E-state index is -3.53. The highest BCUT2D eigenvalue weighted by Gasteiger charge is 2.28. The second-order valence-electron chi connectivity index (χ2n) is 6.60. The Labute approximate surface area is 156 Å². The summed E-state index contributed by atoms with van der Waals surface area (Å²) in [6.07, 6.45) is 2.18. The molecule has 146 valence electrons. The molecule has 1 aromatic carbocycles. The highest BCUT2D eigenvalue weighted by Crippen LogP contribution is 2.30. The molecule has 0 bridgehead atoms. The Bertz CT molecular complexity index is 764. The van der Waals surface area contributed by atoms with E-state index < -0.39 is 9.84 Å². The number of methoxy groups -OCH3 is 1. The van der Waals surface area contributed by atoms with Crippen molar-refractivity contribution in [3.05, 3.63) is 17.7 Å². The van der Waals surface area contributed by atoms with Gasteiger partial charge in [0.2, 0.25) is 0 Å². The average molecular weight is 384 g/mol. The molecule has 1 aliphatic heterocycles. The Balaban J connectivity index is 2.33. The minimum absolute atomic E-state index is 0.0198. The van der Waals surface area contributed by atoms with Crippen LogP contribution < -0.4 is 10.5 Å². The number of nitrogen functional groups attached to an aromatic ring is 1. The van der Waals surface area contributed by atoms with Crippen molar-refractivity contribution in [1.29, 1.82) is 0 Å². The van der Waals surface area contributed by atoms with E-state index in [1.807, 2.05) is 0 Å². The molecule has 2 N–H and O–H groups in total. The number of nitrogens with two attached hydrogens (primary N) is 1. The molecule has 1 heterocycles. The summed E-state index contributed by atoms with van der Waals surface area (Å²) in [5.41, 5.74) is 6.19. The SMILES string of the molecule is CCN1CCCC1CN(C)C(=O)c1cc(S(=O)(=O)CC)c(N)cc1OC. The third-order valence-electron chi connectivity index (χ3n) is 5.01. The smallest absolute Gasteiger partial charge is 0.257 e. The van der Waals surface area contributed by atoms with E-state index in [4.69, 9.17) is 10.5 Å². The molecule has 1 amide bonds. The van der Waals surface area contributed by atoms with Gasteiger partial charge in [0, 0.05) is 25.7 Å². The molecule has 26 heavy (non-hydrogen) atoms. The van der Waals surface area contributed by atoms with Crippen LogP contribution in [0, 0.1) is 0 Å². The molecule has 1 aliphatic rings. The van der Waals surface area contributed by atoms with Gasteiger partial charge in [0.15, 0.2) is 9.84 Å². The first-order valence-electron chi connectivity index (χ1n) is 8.94. The number of carbonyl (C=O) groups is 1. The number of ether oxygens (including phenoxy) is 1. The minimum Gasteiger partial charge on any atom is -0.496 e. The number of hydrogen-bond donors (Lipinski definition) is 1. The molecule has 0 aromatic heterocycles. The lowest BCUT2D eigenvalue weighted by Crippen LogP contribution is -2.41. The maximum absolute atomic E-state index is 13.0. The Hall–Kier alpha value is -1.80. The first kappa shape index (κ1) is 20.5. The zero-order valence-corrected chi connectivity index (χ0v) is 16.8. The average Bonchev–Trinajstić information content (AvgIpc) is 3.07. The lowest BCUT2D eigenvalue weighted by molar-refractivity contribution is 0.0751. The van der Waals surface area contributed by atoms with Crippen molar-refractivity contribution in [2.24, 2.45) is 0 Å². The summed E-state index contributed by atoms with van der Waals surface area (Å²) >= 11 is 0. The van der Waals surface area contributed by atoms with Gasteiger partial charge < -0.3 is 15.4 Å². The number of anilines is 1. The number of hydrogen-bond acceptors (Lipinski definition) is 6. The number of likely N-dealkylation sites (N-methyl/N-ethyl adjacent to an activating group) is 2. The Morgan fingerprint density at radius 3 is 2.65 bits per heavy atom. The molecule has 0 saturated carbocycles. The topological polar surface area (TPSA) is 92.9 Å². The molecule has 1 fully saturated rings. The van der Waals surface area contributed by atoms with Crippen LogP contribution in [0.5, 0.6) is 5.75 Å². The van der Waals surface area contributed by atoms with Crippen molar-refractivity contribution in [3.63, 3.8) is 0 Å². The molecule has 2 rings (SSSR count). The van der Waals surface area contributed by atoms with Gasteiger partial charge in [-0.1, -0.05) is 13.8 Å². The van der Waals surface area contributed by atoms with E-state index in [9.17, 15) is 13.2 Å². The molecular formula is C18H29N3O4S. The van der Waals surface area contributed by atoms with Gasteiger partial charge in [0.1, 0.15) is 5.75 Å². The van der Waals surface area contributed by atoms with Crippen LogP contribution in [0.3, 0.4) is 0 Å². The second kappa shape index (κ2) is 8.26. The van der Waals surface area contributed by atoms with Gasteiger partial charge in [-0.15, -0.1) is 0 Å². The van der Waals surface area contributed by atoms with Gasteiger partial charge in [-0.05, 0) is 32.0 Å². The fraction of sp³-hybridized carbons (Fsp3) is 0.611. The lowest BCUT2D eigenvalue weighted by atomic mass is 10.1. The zero-order chi connectivity index (χ0) is 19.5. The summed E-state index contributed by atoms with van der Waals surface area (Å²) in [7, 11) is -0.356. The third-order valence-corrected chi connectivity index (χ3v) is 6.80. The van der Waals surface area contributed by atoms with Crippen LogP contribution in [0.1, 0.15) is 37.0 Å². The van der Waals surface area contributed by atoms with Crippen LogP contribution in [0.2, 0.25) is 0 Å². The van der Waals surface area contributed by atoms with Crippen LogP contribution in [0.15, 0.2) is 17.0 Å².